The van der Waals surface area contributed by atoms with Crippen molar-refractivity contribution in [2.75, 3.05) is 24.5 Å². The van der Waals surface area contributed by atoms with Crippen LogP contribution in [0.2, 0.25) is 0 Å². The average molecular weight is 414 g/mol. The molecule has 0 bridgehead atoms. The highest BCUT2D eigenvalue weighted by atomic mass is 32.2. The molecule has 0 aliphatic carbocycles. The van der Waals surface area contributed by atoms with E-state index < -0.39 is 0 Å². The van der Waals surface area contributed by atoms with Gasteiger partial charge in [0.05, 0.1) is 17.5 Å². The van der Waals surface area contributed by atoms with Gasteiger partial charge in [-0.1, -0.05) is 69.9 Å². The lowest BCUT2D eigenvalue weighted by Crippen LogP contribution is -2.46. The molecule has 150 valence electrons. The Morgan fingerprint density at radius 1 is 1.04 bits per heavy atom. The third-order valence-electron chi connectivity index (χ3n) is 5.26. The van der Waals surface area contributed by atoms with Gasteiger partial charge >= 0.3 is 0 Å². The third kappa shape index (κ3) is 4.22. The zero-order chi connectivity index (χ0) is 20.1. The molecule has 0 radical (unpaired) electrons. The van der Waals surface area contributed by atoms with Crippen molar-refractivity contribution in [2.24, 2.45) is 0 Å². The largest absolute Gasteiger partial charge is 0.376 e. The minimum Gasteiger partial charge on any atom is -0.376 e. The Labute approximate surface area is 179 Å². The summed E-state index contributed by atoms with van der Waals surface area (Å²) in [6.07, 6.45) is 2.45. The molecule has 0 saturated heterocycles. The lowest BCUT2D eigenvalue weighted by molar-refractivity contribution is 0.213. The first kappa shape index (κ1) is 21.2. The number of nitrogens with one attached hydrogen (secondary N) is 1. The van der Waals surface area contributed by atoms with Gasteiger partial charge < -0.3 is 10.2 Å². The van der Waals surface area contributed by atoms with E-state index in [0.717, 1.165) is 43.0 Å². The number of hydrogen-bond acceptors (Lipinski definition) is 4. The topological polar surface area (TPSA) is 18.5 Å². The zero-order valence-electron chi connectivity index (χ0n) is 17.4. The minimum atomic E-state index is 0.322. The molecule has 0 saturated carbocycles. The van der Waals surface area contributed by atoms with E-state index in [1.807, 2.05) is 11.8 Å². The molecule has 3 rings (SSSR count). The number of para-hydroxylation sites is 1. The van der Waals surface area contributed by atoms with Gasteiger partial charge in [0.25, 0.3) is 0 Å². The molecule has 3 nitrogen and oxygen atoms in total. The van der Waals surface area contributed by atoms with E-state index in [4.69, 9.17) is 12.2 Å². The van der Waals surface area contributed by atoms with Crippen molar-refractivity contribution in [3.05, 3.63) is 48.0 Å². The second kappa shape index (κ2) is 9.77. The molecule has 0 aromatic heterocycles. The number of anilines is 2. The molecule has 1 unspecified atom stereocenters. The normalized spacial score (nSPS) is 13.8. The van der Waals surface area contributed by atoms with Crippen LogP contribution in [0.4, 0.5) is 11.4 Å². The molecule has 1 atom stereocenters. The average Bonchev–Trinajstić information content (AvgIpc) is 2.74. The molecule has 1 aliphatic rings. The molecule has 1 aliphatic heterocycles. The highest BCUT2D eigenvalue weighted by Crippen LogP contribution is 2.49. The van der Waals surface area contributed by atoms with Crippen molar-refractivity contribution in [2.45, 2.75) is 56.5 Å². The molecule has 5 heteroatoms. The summed E-state index contributed by atoms with van der Waals surface area (Å²) in [4.78, 5) is 8.52. The highest BCUT2D eigenvalue weighted by Gasteiger charge is 2.31. The summed E-state index contributed by atoms with van der Waals surface area (Å²) >= 11 is 7.51. The van der Waals surface area contributed by atoms with Crippen LogP contribution in [0.1, 0.15) is 46.1 Å². The van der Waals surface area contributed by atoms with Gasteiger partial charge in [-0.3, -0.25) is 4.90 Å². The Bertz CT molecular complexity index is 817. The van der Waals surface area contributed by atoms with Crippen molar-refractivity contribution in [1.29, 1.82) is 0 Å². The fraction of sp³-hybridized carbons (Fsp3) is 0.435. The monoisotopic (exact) mass is 413 g/mol. The van der Waals surface area contributed by atoms with Crippen molar-refractivity contribution in [3.63, 3.8) is 0 Å². The van der Waals surface area contributed by atoms with Crippen LogP contribution in [0.5, 0.6) is 0 Å². The maximum atomic E-state index is 5.65. The SMILES string of the molecule is CCCNC(=S)c1ccc2c(c1)N(C(CC)N(CC)CC)c1ccccc1S2. The predicted octanol–water partition coefficient (Wildman–Crippen LogP) is 6.04. The van der Waals surface area contributed by atoms with E-state index in [-0.39, 0.29) is 0 Å². The first-order valence-corrected chi connectivity index (χ1v) is 11.6. The fourth-order valence-electron chi connectivity index (χ4n) is 3.83. The van der Waals surface area contributed by atoms with E-state index in [0.29, 0.717) is 6.17 Å². The Kier molecular flexibility index (Phi) is 7.38. The lowest BCUT2D eigenvalue weighted by Gasteiger charge is -2.43. The van der Waals surface area contributed by atoms with Crippen molar-refractivity contribution in [1.82, 2.24) is 10.2 Å². The molecule has 1 heterocycles. The van der Waals surface area contributed by atoms with E-state index in [1.54, 1.807) is 0 Å². The summed E-state index contributed by atoms with van der Waals surface area (Å²) in [5, 5.41) is 3.37. The van der Waals surface area contributed by atoms with Crippen LogP contribution in [0.3, 0.4) is 0 Å². The van der Waals surface area contributed by atoms with Gasteiger partial charge in [0.2, 0.25) is 0 Å². The Hall–Kier alpha value is -1.56. The van der Waals surface area contributed by atoms with Gasteiger partial charge in [0.15, 0.2) is 0 Å². The number of nitrogens with zero attached hydrogens (tertiary/aromatic N) is 2. The summed E-state index contributed by atoms with van der Waals surface area (Å²) in [6.45, 7) is 11.9. The van der Waals surface area contributed by atoms with E-state index in [1.165, 1.54) is 21.2 Å². The summed E-state index contributed by atoms with van der Waals surface area (Å²) in [6, 6.07) is 15.4. The van der Waals surface area contributed by atoms with Crippen LogP contribution in [0.15, 0.2) is 52.3 Å². The van der Waals surface area contributed by atoms with Crippen molar-refractivity contribution in [3.8, 4) is 0 Å². The van der Waals surface area contributed by atoms with Crippen LogP contribution >= 0.6 is 24.0 Å². The van der Waals surface area contributed by atoms with Crippen LogP contribution in [-0.2, 0) is 0 Å². The van der Waals surface area contributed by atoms with Crippen LogP contribution in [0, 0.1) is 0 Å². The van der Waals surface area contributed by atoms with Crippen molar-refractivity contribution >= 4 is 40.3 Å². The molecule has 28 heavy (non-hydrogen) atoms. The van der Waals surface area contributed by atoms with Gasteiger partial charge in [-0.25, -0.2) is 0 Å². The quantitative estimate of drug-likeness (QED) is 0.530. The van der Waals surface area contributed by atoms with Gasteiger partial charge in [-0.15, -0.1) is 0 Å². The molecule has 1 N–H and O–H groups in total. The number of fused-ring (bicyclic) bond motifs is 2. The van der Waals surface area contributed by atoms with Crippen molar-refractivity contribution < 1.29 is 0 Å². The first-order chi connectivity index (χ1) is 13.6. The second-order valence-electron chi connectivity index (χ2n) is 6.99. The Morgan fingerprint density at radius 3 is 2.43 bits per heavy atom. The summed E-state index contributed by atoms with van der Waals surface area (Å²) in [5.74, 6) is 0. The maximum Gasteiger partial charge on any atom is 0.106 e. The van der Waals surface area contributed by atoms with Crippen LogP contribution in [-0.4, -0.2) is 35.7 Å². The molecule has 0 amide bonds. The molecular formula is C23H31N3S2. The second-order valence-corrected chi connectivity index (χ2v) is 8.48. The van der Waals surface area contributed by atoms with Gasteiger partial charge in [0, 0.05) is 21.9 Å². The third-order valence-corrected chi connectivity index (χ3v) is 6.77. The summed E-state index contributed by atoms with van der Waals surface area (Å²) in [5.41, 5.74) is 3.66. The molecule has 2 aromatic carbocycles. The lowest BCUT2D eigenvalue weighted by atomic mass is 10.1. The Balaban J connectivity index is 2.09. The van der Waals surface area contributed by atoms with Crippen LogP contribution in [0.25, 0.3) is 0 Å². The number of thiocarbonyl (C=S) groups is 1. The maximum absolute atomic E-state index is 5.65. The first-order valence-electron chi connectivity index (χ1n) is 10.4. The van der Waals surface area contributed by atoms with Gasteiger partial charge in [-0.2, -0.15) is 0 Å². The number of hydrogen-bond donors (Lipinski definition) is 1. The minimum absolute atomic E-state index is 0.322. The summed E-state index contributed by atoms with van der Waals surface area (Å²) in [7, 11) is 0. The predicted molar refractivity (Wildman–Crippen MR) is 126 cm³/mol. The molecule has 0 spiro atoms. The van der Waals surface area contributed by atoms with E-state index >= 15 is 0 Å². The number of rotatable bonds is 8. The Morgan fingerprint density at radius 2 is 1.75 bits per heavy atom. The van der Waals surface area contributed by atoms with E-state index in [2.05, 4.69) is 85.3 Å². The molecule has 0 fully saturated rings. The van der Waals surface area contributed by atoms with Gasteiger partial charge in [-0.05, 0) is 50.2 Å². The van der Waals surface area contributed by atoms with E-state index in [9.17, 15) is 0 Å². The van der Waals surface area contributed by atoms with Crippen LogP contribution < -0.4 is 10.2 Å². The standard InChI is InChI=1S/C23H31N3S2/c1-5-15-24-23(27)17-13-14-21-19(16-17)26(22(6-2)25(7-3)8-4)18-11-9-10-12-20(18)28-21/h9-14,16,22H,5-8,15H2,1-4H3,(H,24,27). The summed E-state index contributed by atoms with van der Waals surface area (Å²) < 4.78 is 0. The van der Waals surface area contributed by atoms with Gasteiger partial charge in [0.1, 0.15) is 4.99 Å². The smallest absolute Gasteiger partial charge is 0.106 e. The zero-order valence-corrected chi connectivity index (χ0v) is 19.0. The number of benzene rings is 2. The molecule has 2 aromatic rings. The highest BCUT2D eigenvalue weighted by molar-refractivity contribution is 7.99. The fourth-order valence-corrected chi connectivity index (χ4v) is 5.12. The molecular weight excluding hydrogens is 382 g/mol.